The molecule has 19 heavy (non-hydrogen) atoms. The van der Waals surface area contributed by atoms with Gasteiger partial charge in [-0.2, -0.15) is 0 Å². The van der Waals surface area contributed by atoms with Gasteiger partial charge in [0, 0.05) is 18.0 Å². The van der Waals surface area contributed by atoms with Gasteiger partial charge >= 0.3 is 0 Å². The third-order valence-corrected chi connectivity index (χ3v) is 3.37. The van der Waals surface area contributed by atoms with Gasteiger partial charge in [-0.05, 0) is 39.1 Å². The van der Waals surface area contributed by atoms with Crippen LogP contribution in [-0.2, 0) is 4.79 Å². The molecule has 5 heteroatoms. The molecule has 2 rings (SSSR count). The second kappa shape index (κ2) is 5.65. The number of halogens is 2. The Bertz CT molecular complexity index is 452. The zero-order chi connectivity index (χ0) is 14.0. The molecule has 0 heterocycles. The van der Waals surface area contributed by atoms with Crippen LogP contribution in [0.3, 0.4) is 0 Å². The van der Waals surface area contributed by atoms with Crippen LogP contribution in [0.2, 0.25) is 0 Å². The van der Waals surface area contributed by atoms with E-state index in [1.807, 2.05) is 0 Å². The van der Waals surface area contributed by atoms with Gasteiger partial charge in [0.2, 0.25) is 5.91 Å². The molecule has 1 fully saturated rings. The molecule has 0 bridgehead atoms. The summed E-state index contributed by atoms with van der Waals surface area (Å²) in [6.45, 7) is 0.209. The van der Waals surface area contributed by atoms with Crippen molar-refractivity contribution in [3.8, 4) is 0 Å². The first-order valence-corrected chi connectivity index (χ1v) is 6.38. The lowest BCUT2D eigenvalue weighted by molar-refractivity contribution is -0.122. The first-order valence-electron chi connectivity index (χ1n) is 6.38. The highest BCUT2D eigenvalue weighted by atomic mass is 19.1. The predicted octanol–water partition coefficient (Wildman–Crippen LogP) is 2.09. The van der Waals surface area contributed by atoms with Gasteiger partial charge in [0.25, 0.3) is 0 Å². The van der Waals surface area contributed by atoms with Gasteiger partial charge < -0.3 is 10.2 Å². The quantitative estimate of drug-likeness (QED) is 0.887. The number of carbonyl (C=O) groups excluding carboxylic acids is 1. The highest BCUT2D eigenvalue weighted by Crippen LogP contribution is 2.29. The summed E-state index contributed by atoms with van der Waals surface area (Å²) in [5.74, 6) is -1.10. The lowest BCUT2D eigenvalue weighted by atomic mass is 10.0. The van der Waals surface area contributed by atoms with E-state index in [9.17, 15) is 13.6 Å². The maximum absolute atomic E-state index is 13.8. The Morgan fingerprint density at radius 1 is 1.37 bits per heavy atom. The van der Waals surface area contributed by atoms with Crippen LogP contribution in [0.5, 0.6) is 0 Å². The second-order valence-corrected chi connectivity index (χ2v) is 5.13. The van der Waals surface area contributed by atoms with Crippen LogP contribution in [0.4, 0.5) is 8.78 Å². The summed E-state index contributed by atoms with van der Waals surface area (Å²) in [5.41, 5.74) is 0.00333. The number of likely N-dealkylation sites (N-methyl/N-ethyl adjacent to an activating group) is 1. The molecule has 0 spiro atoms. The number of nitrogens with one attached hydrogen (secondary N) is 1. The Balaban J connectivity index is 2.12. The van der Waals surface area contributed by atoms with Crippen LogP contribution in [0, 0.1) is 17.6 Å². The molecular formula is C14H18F2N2O. The number of benzene rings is 1. The van der Waals surface area contributed by atoms with E-state index < -0.39 is 17.7 Å². The lowest BCUT2D eigenvalue weighted by Crippen LogP contribution is -2.36. The van der Waals surface area contributed by atoms with Crippen LogP contribution >= 0.6 is 0 Å². The molecule has 1 N–H and O–H groups in total. The SMILES string of the molecule is CN(C)C(CNC(=O)C1CC1)c1c(F)cccc1F. The van der Waals surface area contributed by atoms with Crippen LogP contribution in [0.25, 0.3) is 0 Å². The number of hydrogen-bond acceptors (Lipinski definition) is 2. The normalized spacial score (nSPS) is 16.5. The molecule has 1 atom stereocenters. The maximum atomic E-state index is 13.8. The smallest absolute Gasteiger partial charge is 0.223 e. The minimum atomic E-state index is -0.584. The standard InChI is InChI=1S/C14H18F2N2O/c1-18(2)12(8-17-14(19)9-6-7-9)13-10(15)4-3-5-11(13)16/h3-5,9,12H,6-8H2,1-2H3,(H,17,19). The van der Waals surface area contributed by atoms with E-state index >= 15 is 0 Å². The number of amides is 1. The third kappa shape index (κ3) is 3.29. The summed E-state index contributed by atoms with van der Waals surface area (Å²) < 4.78 is 27.6. The fraction of sp³-hybridized carbons (Fsp3) is 0.500. The maximum Gasteiger partial charge on any atom is 0.223 e. The number of carbonyl (C=O) groups is 1. The van der Waals surface area contributed by atoms with Crippen LogP contribution in [-0.4, -0.2) is 31.4 Å². The minimum Gasteiger partial charge on any atom is -0.354 e. The van der Waals surface area contributed by atoms with Crippen LogP contribution in [0.15, 0.2) is 18.2 Å². The zero-order valence-electron chi connectivity index (χ0n) is 11.1. The fourth-order valence-corrected chi connectivity index (χ4v) is 2.06. The summed E-state index contributed by atoms with van der Waals surface area (Å²) in [6, 6.07) is 3.29. The average molecular weight is 268 g/mol. The molecule has 0 aliphatic heterocycles. The predicted molar refractivity (Wildman–Crippen MR) is 68.5 cm³/mol. The molecule has 1 aliphatic rings. The molecular weight excluding hydrogens is 250 g/mol. The molecule has 1 unspecified atom stereocenters. The van der Waals surface area contributed by atoms with E-state index in [-0.39, 0.29) is 23.9 Å². The van der Waals surface area contributed by atoms with Gasteiger partial charge in [-0.3, -0.25) is 4.79 Å². The average Bonchev–Trinajstić information content (AvgIpc) is 3.16. The molecule has 1 saturated carbocycles. The Hall–Kier alpha value is -1.49. The lowest BCUT2D eigenvalue weighted by Gasteiger charge is -2.25. The van der Waals surface area contributed by atoms with Crippen molar-refractivity contribution in [2.45, 2.75) is 18.9 Å². The van der Waals surface area contributed by atoms with E-state index in [2.05, 4.69) is 5.32 Å². The highest BCUT2D eigenvalue weighted by molar-refractivity contribution is 5.80. The van der Waals surface area contributed by atoms with Crippen molar-refractivity contribution in [3.05, 3.63) is 35.4 Å². The molecule has 0 radical (unpaired) electrons. The van der Waals surface area contributed by atoms with E-state index in [0.717, 1.165) is 12.8 Å². The van der Waals surface area contributed by atoms with Crippen LogP contribution < -0.4 is 5.32 Å². The second-order valence-electron chi connectivity index (χ2n) is 5.13. The topological polar surface area (TPSA) is 32.3 Å². The number of hydrogen-bond donors (Lipinski definition) is 1. The van der Waals surface area contributed by atoms with Gasteiger partial charge in [0.05, 0.1) is 6.04 Å². The zero-order valence-corrected chi connectivity index (χ0v) is 11.1. The molecule has 104 valence electrons. The summed E-state index contributed by atoms with van der Waals surface area (Å²) in [6.07, 6.45) is 1.82. The van der Waals surface area contributed by atoms with Crippen molar-refractivity contribution in [2.75, 3.05) is 20.6 Å². The van der Waals surface area contributed by atoms with E-state index in [0.29, 0.717) is 0 Å². The first kappa shape index (κ1) is 13.9. The molecule has 3 nitrogen and oxygen atoms in total. The van der Waals surface area contributed by atoms with Gasteiger partial charge in [0.15, 0.2) is 0 Å². The van der Waals surface area contributed by atoms with Gasteiger partial charge in [-0.15, -0.1) is 0 Å². The van der Waals surface area contributed by atoms with Crippen molar-refractivity contribution < 1.29 is 13.6 Å². The summed E-state index contributed by atoms with van der Waals surface area (Å²) in [5, 5.41) is 2.77. The highest BCUT2D eigenvalue weighted by Gasteiger charge is 2.30. The Labute approximate surface area is 111 Å². The monoisotopic (exact) mass is 268 g/mol. The summed E-state index contributed by atoms with van der Waals surface area (Å²) >= 11 is 0. The Morgan fingerprint density at radius 3 is 2.42 bits per heavy atom. The molecule has 1 aliphatic carbocycles. The van der Waals surface area contributed by atoms with E-state index in [1.54, 1.807) is 19.0 Å². The van der Waals surface area contributed by atoms with E-state index in [4.69, 9.17) is 0 Å². The summed E-state index contributed by atoms with van der Waals surface area (Å²) in [4.78, 5) is 13.3. The van der Waals surface area contributed by atoms with Crippen LogP contribution in [0.1, 0.15) is 24.4 Å². The molecule has 1 amide bonds. The Kier molecular flexibility index (Phi) is 4.14. The molecule has 1 aromatic carbocycles. The minimum absolute atomic E-state index is 0.00333. The van der Waals surface area contributed by atoms with Crippen molar-refractivity contribution in [1.29, 1.82) is 0 Å². The van der Waals surface area contributed by atoms with Crippen molar-refractivity contribution >= 4 is 5.91 Å². The van der Waals surface area contributed by atoms with E-state index in [1.165, 1.54) is 18.2 Å². The molecule has 0 aromatic heterocycles. The van der Waals surface area contributed by atoms with Gasteiger partial charge in [0.1, 0.15) is 11.6 Å². The van der Waals surface area contributed by atoms with Crippen molar-refractivity contribution in [2.24, 2.45) is 5.92 Å². The van der Waals surface area contributed by atoms with Crippen molar-refractivity contribution in [3.63, 3.8) is 0 Å². The number of nitrogens with zero attached hydrogens (tertiary/aromatic N) is 1. The largest absolute Gasteiger partial charge is 0.354 e. The Morgan fingerprint density at radius 2 is 1.95 bits per heavy atom. The fourth-order valence-electron chi connectivity index (χ4n) is 2.06. The van der Waals surface area contributed by atoms with Gasteiger partial charge in [-0.25, -0.2) is 8.78 Å². The molecule has 0 saturated heterocycles. The van der Waals surface area contributed by atoms with Crippen molar-refractivity contribution in [1.82, 2.24) is 10.2 Å². The molecule has 1 aromatic rings. The summed E-state index contributed by atoms with van der Waals surface area (Å²) in [7, 11) is 3.47. The first-order chi connectivity index (χ1) is 9.00. The number of rotatable bonds is 5. The van der Waals surface area contributed by atoms with Gasteiger partial charge in [-0.1, -0.05) is 6.07 Å². The third-order valence-electron chi connectivity index (χ3n) is 3.37.